The number of hydrogen-bond acceptors (Lipinski definition) is 4. The van der Waals surface area contributed by atoms with Gasteiger partial charge in [-0.1, -0.05) is 36.4 Å². The molecular weight excluding hydrogens is 414 g/mol. The van der Waals surface area contributed by atoms with Crippen LogP contribution < -0.4 is 10.1 Å². The lowest BCUT2D eigenvalue weighted by molar-refractivity contribution is 0.102. The molecule has 2 heterocycles. The number of H-pyrrole nitrogens is 1. The van der Waals surface area contributed by atoms with Gasteiger partial charge in [-0.05, 0) is 49.7 Å². The third kappa shape index (κ3) is 4.34. The van der Waals surface area contributed by atoms with Gasteiger partial charge in [-0.15, -0.1) is 0 Å². The Morgan fingerprint density at radius 2 is 1.85 bits per heavy atom. The van der Waals surface area contributed by atoms with Crippen LogP contribution in [-0.2, 0) is 0 Å². The molecule has 0 unspecified atom stereocenters. The molecule has 5 rings (SSSR count). The standard InChI is InChI=1S/C26H23N5O2/c1-17(2)33-21-10-6-9-20(14-21)31-16-27-23-13-19(11-12-24(23)31)26(32)28-25-15-22(29-30-25)18-7-4-3-5-8-18/h3-17H,1-2H3,(H2,28,29,30,32). The van der Waals surface area contributed by atoms with Gasteiger partial charge in [-0.3, -0.25) is 14.5 Å². The van der Waals surface area contributed by atoms with Crippen LogP contribution in [0.5, 0.6) is 5.75 Å². The minimum Gasteiger partial charge on any atom is -0.491 e. The summed E-state index contributed by atoms with van der Waals surface area (Å²) >= 11 is 0. The van der Waals surface area contributed by atoms with Gasteiger partial charge in [0, 0.05) is 17.7 Å². The highest BCUT2D eigenvalue weighted by molar-refractivity contribution is 6.05. The lowest BCUT2D eigenvalue weighted by atomic mass is 10.1. The van der Waals surface area contributed by atoms with Crippen LogP contribution in [0.2, 0.25) is 0 Å². The molecule has 2 N–H and O–H groups in total. The number of ether oxygens (including phenoxy) is 1. The van der Waals surface area contributed by atoms with Gasteiger partial charge in [0.1, 0.15) is 12.1 Å². The van der Waals surface area contributed by atoms with Crippen molar-refractivity contribution in [2.45, 2.75) is 20.0 Å². The molecule has 0 atom stereocenters. The van der Waals surface area contributed by atoms with Gasteiger partial charge in [0.05, 0.1) is 28.5 Å². The molecule has 0 saturated carbocycles. The molecule has 5 aromatic rings. The van der Waals surface area contributed by atoms with Crippen LogP contribution in [0.15, 0.2) is 85.2 Å². The lowest BCUT2D eigenvalue weighted by Gasteiger charge is -2.11. The number of amides is 1. The van der Waals surface area contributed by atoms with Crippen LogP contribution >= 0.6 is 0 Å². The van der Waals surface area contributed by atoms with Gasteiger partial charge in [0.2, 0.25) is 0 Å². The van der Waals surface area contributed by atoms with Crippen LogP contribution in [0.25, 0.3) is 28.0 Å². The summed E-state index contributed by atoms with van der Waals surface area (Å²) in [6.45, 7) is 3.99. The van der Waals surface area contributed by atoms with Crippen molar-refractivity contribution < 1.29 is 9.53 Å². The molecule has 0 radical (unpaired) electrons. The Kier molecular flexibility index (Phi) is 5.36. The van der Waals surface area contributed by atoms with E-state index in [1.165, 1.54) is 0 Å². The van der Waals surface area contributed by atoms with E-state index >= 15 is 0 Å². The SMILES string of the molecule is CC(C)Oc1cccc(-n2cnc3cc(C(=O)Nc4cc(-c5ccccc5)[nH]n4)ccc32)c1. The molecule has 7 nitrogen and oxygen atoms in total. The van der Waals surface area contributed by atoms with Crippen molar-refractivity contribution >= 4 is 22.8 Å². The normalized spacial score (nSPS) is 11.1. The zero-order chi connectivity index (χ0) is 22.8. The van der Waals surface area contributed by atoms with Crippen LogP contribution in [0.3, 0.4) is 0 Å². The summed E-state index contributed by atoms with van der Waals surface area (Å²) in [7, 11) is 0. The summed E-state index contributed by atoms with van der Waals surface area (Å²) < 4.78 is 7.78. The van der Waals surface area contributed by atoms with Crippen molar-refractivity contribution in [3.05, 3.63) is 90.8 Å². The monoisotopic (exact) mass is 437 g/mol. The maximum atomic E-state index is 12.8. The van der Waals surface area contributed by atoms with Gasteiger partial charge in [-0.2, -0.15) is 5.10 Å². The number of anilines is 1. The van der Waals surface area contributed by atoms with Gasteiger partial charge in [0.25, 0.3) is 5.91 Å². The van der Waals surface area contributed by atoms with Crippen molar-refractivity contribution in [1.82, 2.24) is 19.7 Å². The van der Waals surface area contributed by atoms with Crippen molar-refractivity contribution in [2.75, 3.05) is 5.32 Å². The number of nitrogens with one attached hydrogen (secondary N) is 2. The Morgan fingerprint density at radius 3 is 2.67 bits per heavy atom. The largest absolute Gasteiger partial charge is 0.491 e. The van der Waals surface area contributed by atoms with E-state index in [9.17, 15) is 4.79 Å². The Bertz CT molecular complexity index is 1420. The maximum Gasteiger partial charge on any atom is 0.256 e. The highest BCUT2D eigenvalue weighted by Gasteiger charge is 2.13. The van der Waals surface area contributed by atoms with Crippen molar-refractivity contribution in [2.24, 2.45) is 0 Å². The van der Waals surface area contributed by atoms with E-state index in [0.29, 0.717) is 11.4 Å². The molecule has 7 heteroatoms. The quantitative estimate of drug-likeness (QED) is 0.370. The Morgan fingerprint density at radius 1 is 1.00 bits per heavy atom. The molecule has 0 fully saturated rings. The molecule has 0 aliphatic rings. The fourth-order valence-electron chi connectivity index (χ4n) is 3.68. The smallest absolute Gasteiger partial charge is 0.256 e. The average Bonchev–Trinajstić information content (AvgIpc) is 3.46. The first kappa shape index (κ1) is 20.5. The number of hydrogen-bond donors (Lipinski definition) is 2. The molecule has 2 aromatic heterocycles. The van der Waals surface area contributed by atoms with E-state index in [2.05, 4.69) is 20.5 Å². The molecule has 0 aliphatic carbocycles. The molecule has 0 spiro atoms. The summed E-state index contributed by atoms with van der Waals surface area (Å²) in [4.78, 5) is 17.3. The molecule has 33 heavy (non-hydrogen) atoms. The zero-order valence-corrected chi connectivity index (χ0v) is 18.3. The van der Waals surface area contributed by atoms with Crippen molar-refractivity contribution in [1.29, 1.82) is 0 Å². The first-order valence-corrected chi connectivity index (χ1v) is 10.7. The van der Waals surface area contributed by atoms with Crippen LogP contribution in [0.1, 0.15) is 24.2 Å². The summed E-state index contributed by atoms with van der Waals surface area (Å²) in [6.07, 6.45) is 1.85. The number of carbonyl (C=O) groups excluding carboxylic acids is 1. The Labute approximate surface area is 191 Å². The van der Waals surface area contributed by atoms with Crippen LogP contribution in [0.4, 0.5) is 5.82 Å². The third-order valence-corrected chi connectivity index (χ3v) is 5.18. The van der Waals surface area contributed by atoms with E-state index in [4.69, 9.17) is 4.74 Å². The van der Waals surface area contributed by atoms with Crippen LogP contribution in [-0.4, -0.2) is 31.8 Å². The summed E-state index contributed by atoms with van der Waals surface area (Å²) in [5, 5.41) is 10.0. The molecule has 0 aliphatic heterocycles. The number of nitrogens with zero attached hydrogens (tertiary/aromatic N) is 3. The van der Waals surface area contributed by atoms with E-state index in [1.54, 1.807) is 18.5 Å². The number of benzene rings is 3. The molecule has 0 bridgehead atoms. The van der Waals surface area contributed by atoms with E-state index in [1.807, 2.05) is 85.1 Å². The Balaban J connectivity index is 1.36. The molecule has 1 amide bonds. The second kappa shape index (κ2) is 8.63. The minimum absolute atomic E-state index is 0.0964. The summed E-state index contributed by atoms with van der Waals surface area (Å²) in [5.41, 5.74) is 4.92. The summed E-state index contributed by atoms with van der Waals surface area (Å²) in [6, 6.07) is 25.0. The van der Waals surface area contributed by atoms with E-state index < -0.39 is 0 Å². The third-order valence-electron chi connectivity index (χ3n) is 5.18. The lowest BCUT2D eigenvalue weighted by Crippen LogP contribution is -2.12. The van der Waals surface area contributed by atoms with E-state index in [0.717, 1.165) is 33.7 Å². The predicted octanol–water partition coefficient (Wildman–Crippen LogP) is 5.46. The first-order chi connectivity index (χ1) is 16.1. The fourth-order valence-corrected chi connectivity index (χ4v) is 3.68. The highest BCUT2D eigenvalue weighted by Crippen LogP contribution is 2.24. The molecule has 0 saturated heterocycles. The molecule has 3 aromatic carbocycles. The zero-order valence-electron chi connectivity index (χ0n) is 18.3. The predicted molar refractivity (Wildman–Crippen MR) is 129 cm³/mol. The average molecular weight is 438 g/mol. The molecule has 164 valence electrons. The number of imidazole rings is 1. The summed E-state index contributed by atoms with van der Waals surface area (Å²) in [5.74, 6) is 1.02. The first-order valence-electron chi connectivity index (χ1n) is 10.7. The Hall–Kier alpha value is -4.39. The van der Waals surface area contributed by atoms with Crippen LogP contribution in [0, 0.1) is 0 Å². The fraction of sp³-hybridized carbons (Fsp3) is 0.115. The number of aromatic amines is 1. The van der Waals surface area contributed by atoms with Crippen molar-refractivity contribution in [3.63, 3.8) is 0 Å². The number of aromatic nitrogens is 4. The van der Waals surface area contributed by atoms with Crippen molar-refractivity contribution in [3.8, 4) is 22.7 Å². The maximum absolute atomic E-state index is 12.8. The van der Waals surface area contributed by atoms with Gasteiger partial charge < -0.3 is 10.1 Å². The number of rotatable bonds is 6. The van der Waals surface area contributed by atoms with E-state index in [-0.39, 0.29) is 12.0 Å². The molecular formula is C26H23N5O2. The van der Waals surface area contributed by atoms with Gasteiger partial charge in [0.15, 0.2) is 5.82 Å². The number of carbonyl (C=O) groups is 1. The second-order valence-electron chi connectivity index (χ2n) is 7.97. The minimum atomic E-state index is -0.245. The highest BCUT2D eigenvalue weighted by atomic mass is 16.5. The van der Waals surface area contributed by atoms with Gasteiger partial charge in [-0.25, -0.2) is 4.98 Å². The van der Waals surface area contributed by atoms with Gasteiger partial charge >= 0.3 is 0 Å². The number of fused-ring (bicyclic) bond motifs is 1. The topological polar surface area (TPSA) is 84.8 Å². The second-order valence-corrected chi connectivity index (χ2v) is 7.97.